The van der Waals surface area contributed by atoms with Crippen molar-refractivity contribution in [2.75, 3.05) is 0 Å². The average molecular weight is 729 g/mol. The van der Waals surface area contributed by atoms with E-state index >= 15 is 0 Å². The number of ether oxygens (including phenoxy) is 1. The van der Waals surface area contributed by atoms with Crippen molar-refractivity contribution >= 4 is 34.2 Å². The zero-order valence-corrected chi connectivity index (χ0v) is 35.9. The third-order valence-corrected chi connectivity index (χ3v) is 10.5. The van der Waals surface area contributed by atoms with Crippen molar-refractivity contribution < 1.29 is 4.74 Å². The fourth-order valence-electron chi connectivity index (χ4n) is 8.25. The van der Waals surface area contributed by atoms with Crippen LogP contribution in [0.2, 0.25) is 0 Å². The molecule has 0 heterocycles. The van der Waals surface area contributed by atoms with Gasteiger partial charge in [-0.2, -0.15) is 9.90 Å². The Morgan fingerprint density at radius 1 is 0.333 bits per heavy atom. The lowest BCUT2D eigenvalue weighted by Gasteiger charge is -2.13. The minimum atomic E-state index is 0. The number of hydrogen-bond acceptors (Lipinski definition) is 1. The Morgan fingerprint density at radius 3 is 0.833 bits per heavy atom. The molecule has 0 saturated carbocycles. The first kappa shape index (κ1) is 40.2. The first-order valence-corrected chi connectivity index (χ1v) is 18.8. The topological polar surface area (TPSA) is 9.23 Å². The van der Waals surface area contributed by atoms with Gasteiger partial charge in [-0.3, -0.25) is 0 Å². The maximum Gasteiger partial charge on any atom is 0.135 e. The summed E-state index contributed by atoms with van der Waals surface area (Å²) in [5, 5.41) is 4.38. The summed E-state index contributed by atoms with van der Waals surface area (Å²) in [7, 11) is 0. The van der Waals surface area contributed by atoms with Crippen LogP contribution < -0.4 is 25.6 Å². The molecule has 6 aromatic carbocycles. The zero-order valence-electron chi connectivity index (χ0n) is 34.5. The minimum Gasteiger partial charge on any atom is -0.456 e. The fourth-order valence-corrected chi connectivity index (χ4v) is 8.25. The van der Waals surface area contributed by atoms with Gasteiger partial charge in [-0.25, -0.2) is 0 Å². The zero-order chi connectivity index (χ0) is 38.1. The summed E-state index contributed by atoms with van der Waals surface area (Å²) in [6.07, 6.45) is 9.33. The van der Waals surface area contributed by atoms with Gasteiger partial charge in [0.15, 0.2) is 0 Å². The van der Waals surface area contributed by atoms with Crippen LogP contribution in [0, 0.1) is 83.1 Å². The van der Waals surface area contributed by atoms with Gasteiger partial charge in [0.05, 0.1) is 0 Å². The van der Waals surface area contributed by atoms with Gasteiger partial charge in [-0.1, -0.05) is 95.1 Å². The van der Waals surface area contributed by atoms with Gasteiger partial charge in [0.25, 0.3) is 0 Å². The quantitative estimate of drug-likeness (QED) is 0.155. The highest BCUT2D eigenvalue weighted by Crippen LogP contribution is 2.22. The largest absolute Gasteiger partial charge is 0.456 e. The maximum absolute atomic E-state index is 7.21. The summed E-state index contributed by atoms with van der Waals surface area (Å²) in [6.45, 7) is 26.3. The Labute approximate surface area is 327 Å². The molecule has 0 bridgehead atoms. The van der Waals surface area contributed by atoms with E-state index in [-0.39, 0.29) is 9.90 Å². The van der Waals surface area contributed by atoms with E-state index in [9.17, 15) is 0 Å². The summed E-state index contributed by atoms with van der Waals surface area (Å²) in [5.74, 6) is 1.65. The molecule has 0 aromatic heterocycles. The van der Waals surface area contributed by atoms with Crippen LogP contribution in [0.3, 0.4) is 0 Å². The normalized spacial score (nSPS) is 12.7. The molecule has 0 spiro atoms. The highest BCUT2D eigenvalue weighted by Gasteiger charge is 2.11. The number of rotatable bonds is 6. The fraction of sp³-hybridized carbons (Fsp3) is 0.231. The lowest BCUT2D eigenvalue weighted by molar-refractivity contribution is 0.473. The summed E-state index contributed by atoms with van der Waals surface area (Å²) in [4.78, 5) is 0. The van der Waals surface area contributed by atoms with Crippen LogP contribution in [0.1, 0.15) is 89.0 Å². The summed E-state index contributed by atoms with van der Waals surface area (Å²) in [5.41, 5.74) is 20.2. The van der Waals surface area contributed by atoms with E-state index in [1.807, 2.05) is 0 Å². The molecule has 276 valence electrons. The monoisotopic (exact) mass is 728 g/mol. The predicted octanol–water partition coefficient (Wildman–Crippen LogP) is 10.6. The molecule has 6 rings (SSSR count). The van der Waals surface area contributed by atoms with Crippen LogP contribution in [0.25, 0.3) is 24.3 Å². The molecule has 0 aliphatic heterocycles. The third-order valence-electron chi connectivity index (χ3n) is 10.5. The van der Waals surface area contributed by atoms with Gasteiger partial charge in [0.1, 0.15) is 11.5 Å². The second kappa shape index (κ2) is 16.6. The molecule has 1 atom stereocenters. The van der Waals surface area contributed by atoms with E-state index < -0.39 is 0 Å². The molecule has 0 aliphatic rings. The second-order valence-electron chi connectivity index (χ2n) is 15.4. The first-order valence-electron chi connectivity index (χ1n) is 18.8. The van der Waals surface area contributed by atoms with Crippen LogP contribution in [0.15, 0.2) is 84.9 Å². The molecule has 0 radical (unpaired) electrons. The van der Waals surface area contributed by atoms with E-state index in [2.05, 4.69) is 192 Å². The van der Waals surface area contributed by atoms with Crippen molar-refractivity contribution in [3.05, 3.63) is 195 Å². The summed E-state index contributed by atoms with van der Waals surface area (Å²) in [6, 6.07) is 31.1. The van der Waals surface area contributed by atoms with Crippen molar-refractivity contribution in [2.45, 2.75) is 83.1 Å². The summed E-state index contributed by atoms with van der Waals surface area (Å²) >= 11 is 0. The Balaban J connectivity index is 0.00000561. The molecule has 2 heteroatoms. The highest BCUT2D eigenvalue weighted by molar-refractivity contribution is 6.92. The van der Waals surface area contributed by atoms with Gasteiger partial charge < -0.3 is 4.74 Å². The Morgan fingerprint density at radius 2 is 0.574 bits per heavy atom. The molecule has 1 nitrogen and oxygen atoms in total. The molecule has 6 aromatic rings. The molecule has 1 unspecified atom stereocenters. The highest BCUT2D eigenvalue weighted by atomic mass is 31.0. The van der Waals surface area contributed by atoms with E-state index in [0.29, 0.717) is 0 Å². The first-order chi connectivity index (χ1) is 25.2. The summed E-state index contributed by atoms with van der Waals surface area (Å²) < 4.78 is 7.21. The molecule has 54 heavy (non-hydrogen) atoms. The van der Waals surface area contributed by atoms with E-state index in [4.69, 9.17) is 4.74 Å². The lowest BCUT2D eigenvalue weighted by Crippen LogP contribution is -2.30. The van der Waals surface area contributed by atoms with Crippen molar-refractivity contribution in [3.8, 4) is 11.5 Å². The molecular weight excluding hydrogens is 672 g/mol. The van der Waals surface area contributed by atoms with Crippen LogP contribution >= 0.6 is 9.90 Å². The molecule has 0 saturated heterocycles. The third kappa shape index (κ3) is 8.70. The van der Waals surface area contributed by atoms with Gasteiger partial charge in [0.2, 0.25) is 0 Å². The maximum atomic E-state index is 7.21. The number of hydrogen-bond donors (Lipinski definition) is 0. The van der Waals surface area contributed by atoms with Crippen LogP contribution in [-0.4, -0.2) is 0 Å². The predicted molar refractivity (Wildman–Crippen MR) is 239 cm³/mol. The van der Waals surface area contributed by atoms with Crippen molar-refractivity contribution in [2.24, 2.45) is 0 Å². The van der Waals surface area contributed by atoms with Crippen molar-refractivity contribution in [1.29, 1.82) is 0 Å². The number of aryl methyl sites for hydroxylation is 12. The lowest BCUT2D eigenvalue weighted by atomic mass is 9.96. The number of benzene rings is 6. The van der Waals surface area contributed by atoms with Gasteiger partial charge in [0, 0.05) is 10.4 Å². The molecule has 0 N–H and O–H groups in total. The van der Waals surface area contributed by atoms with E-state index in [1.165, 1.54) is 89.0 Å². The Hall–Kier alpha value is -4.97. The van der Waals surface area contributed by atoms with Crippen LogP contribution in [0.5, 0.6) is 11.5 Å². The van der Waals surface area contributed by atoms with E-state index in [0.717, 1.165) is 32.4 Å². The molecular formula is C52H57OP. The van der Waals surface area contributed by atoms with Gasteiger partial charge in [-0.05, 0) is 197 Å². The van der Waals surface area contributed by atoms with Crippen molar-refractivity contribution in [1.82, 2.24) is 0 Å². The second-order valence-corrected chi connectivity index (χ2v) is 15.4. The van der Waals surface area contributed by atoms with E-state index in [1.54, 1.807) is 0 Å². The van der Waals surface area contributed by atoms with Crippen LogP contribution in [-0.2, 0) is 0 Å². The van der Waals surface area contributed by atoms with Crippen molar-refractivity contribution in [3.63, 3.8) is 0 Å². The van der Waals surface area contributed by atoms with Gasteiger partial charge >= 0.3 is 0 Å². The van der Waals surface area contributed by atoms with Gasteiger partial charge in [-0.15, -0.1) is 0 Å². The smallest absolute Gasteiger partial charge is 0.135 e. The Bertz CT molecular complexity index is 2380. The average Bonchev–Trinajstić information content (AvgIpc) is 3.05. The minimum absolute atomic E-state index is 0. The van der Waals surface area contributed by atoms with Crippen LogP contribution in [0.4, 0.5) is 0 Å². The standard InChI is InChI=1S/C52H54O.H3P/c1-31-19-35(5)45(36(6)20-31)27-43-15-13-17-51(49(43)29-47-39(9)23-33(3)24-40(47)10)53-52-18-14-16-44(28-46-37(7)21-32(2)22-38(46)8)50(52)30-48-41(11)25-34(4)26-42(48)12;/h13-30H,1-12H3;1H3. The molecule has 0 amide bonds. The Kier molecular flexibility index (Phi) is 12.4. The molecule has 0 fully saturated rings. The molecule has 0 aliphatic carbocycles. The SMILES string of the molecule is Cc1cc(C)c(C=c2cccc(Oc3cccc(=Cc4c(C)cc(C)cc4C)c3=Cc3c(C)cc(C)cc3C)c2=Cc2c(C)cc(C)cc2C)c(C)c1.P.